The monoisotopic (exact) mass is 292 g/mol. The second-order valence-electron chi connectivity index (χ2n) is 6.14. The number of rotatable bonds is 5. The molecule has 0 atom stereocenters. The van der Waals surface area contributed by atoms with Crippen molar-refractivity contribution in [3.63, 3.8) is 0 Å². The number of aromatic amines is 1. The van der Waals surface area contributed by atoms with Gasteiger partial charge in [-0.3, -0.25) is 0 Å². The van der Waals surface area contributed by atoms with Gasteiger partial charge < -0.3 is 10.7 Å². The summed E-state index contributed by atoms with van der Waals surface area (Å²) in [6, 6.07) is 15.4. The fourth-order valence-electron chi connectivity index (χ4n) is 3.11. The van der Waals surface area contributed by atoms with E-state index < -0.39 is 0 Å². The molecule has 0 radical (unpaired) electrons. The van der Waals surface area contributed by atoms with Gasteiger partial charge >= 0.3 is 0 Å². The van der Waals surface area contributed by atoms with Crippen LogP contribution in [0.3, 0.4) is 0 Å². The van der Waals surface area contributed by atoms with E-state index in [4.69, 9.17) is 5.73 Å². The smallest absolute Gasteiger partial charge is 0.0497 e. The minimum atomic E-state index is 0.765. The molecule has 0 amide bonds. The highest BCUT2D eigenvalue weighted by Crippen LogP contribution is 2.32. The molecule has 3 N–H and O–H groups in total. The van der Waals surface area contributed by atoms with Gasteiger partial charge in [-0.25, -0.2) is 0 Å². The van der Waals surface area contributed by atoms with Gasteiger partial charge in [0.1, 0.15) is 0 Å². The lowest BCUT2D eigenvalue weighted by molar-refractivity contribution is 0.748. The number of unbranched alkanes of at least 4 members (excludes halogenated alkanes) is 1. The second-order valence-corrected chi connectivity index (χ2v) is 6.14. The van der Waals surface area contributed by atoms with E-state index in [0.29, 0.717) is 0 Å². The molecule has 3 aromatic rings. The molecular weight excluding hydrogens is 268 g/mol. The molecule has 1 aromatic heterocycles. The van der Waals surface area contributed by atoms with Gasteiger partial charge in [0.25, 0.3) is 0 Å². The summed E-state index contributed by atoms with van der Waals surface area (Å²) in [4.78, 5) is 3.63. The van der Waals surface area contributed by atoms with Crippen LogP contribution in [-0.2, 0) is 6.42 Å². The van der Waals surface area contributed by atoms with Crippen molar-refractivity contribution in [3.05, 3.63) is 59.2 Å². The van der Waals surface area contributed by atoms with E-state index in [9.17, 15) is 0 Å². The summed E-state index contributed by atoms with van der Waals surface area (Å²) in [7, 11) is 0. The molecule has 2 heteroatoms. The van der Waals surface area contributed by atoms with Crippen LogP contribution < -0.4 is 5.73 Å². The summed E-state index contributed by atoms with van der Waals surface area (Å²) >= 11 is 0. The number of nitrogens with one attached hydrogen (secondary N) is 1. The normalized spacial score (nSPS) is 11.2. The Balaban J connectivity index is 2.13. The fourth-order valence-corrected chi connectivity index (χ4v) is 3.11. The lowest BCUT2D eigenvalue weighted by Crippen LogP contribution is -1.99. The summed E-state index contributed by atoms with van der Waals surface area (Å²) < 4.78 is 0. The summed E-state index contributed by atoms with van der Waals surface area (Å²) in [6.45, 7) is 5.06. The maximum Gasteiger partial charge on any atom is 0.0497 e. The van der Waals surface area contributed by atoms with Crippen LogP contribution in [0.4, 0.5) is 0 Å². The van der Waals surface area contributed by atoms with Crippen molar-refractivity contribution in [2.75, 3.05) is 6.54 Å². The van der Waals surface area contributed by atoms with Crippen LogP contribution >= 0.6 is 0 Å². The molecule has 1 heterocycles. The zero-order chi connectivity index (χ0) is 15.5. The minimum Gasteiger partial charge on any atom is -0.354 e. The fraction of sp³-hybridized carbons (Fsp3) is 0.300. The predicted molar refractivity (Wildman–Crippen MR) is 95.2 cm³/mol. The van der Waals surface area contributed by atoms with Crippen LogP contribution in [0.1, 0.15) is 29.5 Å². The van der Waals surface area contributed by atoms with Crippen LogP contribution in [-0.4, -0.2) is 11.5 Å². The number of hydrogen-bond donors (Lipinski definition) is 2. The maximum atomic E-state index is 5.67. The molecule has 0 bridgehead atoms. The number of hydrogen-bond acceptors (Lipinski definition) is 1. The zero-order valence-electron chi connectivity index (χ0n) is 13.4. The molecule has 0 saturated carbocycles. The first-order valence-corrected chi connectivity index (χ1v) is 8.07. The first-order valence-electron chi connectivity index (χ1n) is 8.07. The Morgan fingerprint density at radius 2 is 1.77 bits per heavy atom. The Morgan fingerprint density at radius 3 is 2.55 bits per heavy atom. The highest BCUT2D eigenvalue weighted by Gasteiger charge is 2.13. The third-order valence-electron chi connectivity index (χ3n) is 4.25. The molecule has 0 spiro atoms. The van der Waals surface area contributed by atoms with Crippen molar-refractivity contribution >= 4 is 10.9 Å². The van der Waals surface area contributed by atoms with Crippen LogP contribution in [0.5, 0.6) is 0 Å². The Hall–Kier alpha value is -2.06. The largest absolute Gasteiger partial charge is 0.354 e. The van der Waals surface area contributed by atoms with E-state index in [1.165, 1.54) is 38.9 Å². The van der Waals surface area contributed by atoms with Crippen LogP contribution in [0, 0.1) is 13.8 Å². The number of aromatic nitrogens is 1. The van der Waals surface area contributed by atoms with E-state index in [-0.39, 0.29) is 0 Å². The van der Waals surface area contributed by atoms with Crippen molar-refractivity contribution in [2.45, 2.75) is 33.1 Å². The molecule has 0 unspecified atom stereocenters. The molecule has 0 fully saturated rings. The molecule has 0 aliphatic heterocycles. The third-order valence-corrected chi connectivity index (χ3v) is 4.25. The molecule has 22 heavy (non-hydrogen) atoms. The number of nitrogens with two attached hydrogens (primary N) is 1. The predicted octanol–water partition coefficient (Wildman–Crippen LogP) is 4.73. The zero-order valence-corrected chi connectivity index (χ0v) is 13.4. The molecule has 114 valence electrons. The van der Waals surface area contributed by atoms with E-state index in [1.807, 2.05) is 0 Å². The highest BCUT2D eigenvalue weighted by molar-refractivity contribution is 5.91. The van der Waals surface area contributed by atoms with E-state index in [2.05, 4.69) is 61.3 Å². The van der Waals surface area contributed by atoms with Gasteiger partial charge in [-0.05, 0) is 69.0 Å². The summed E-state index contributed by atoms with van der Waals surface area (Å²) in [5.74, 6) is 0. The van der Waals surface area contributed by atoms with Gasteiger partial charge in [-0.15, -0.1) is 0 Å². The number of H-pyrrole nitrogens is 1. The first-order chi connectivity index (χ1) is 10.7. The van der Waals surface area contributed by atoms with Crippen molar-refractivity contribution < 1.29 is 0 Å². The topological polar surface area (TPSA) is 41.8 Å². The SMILES string of the molecule is Cc1cccc(-c2[nH]c3ccc(C)cc3c2CCCCN)c1. The lowest BCUT2D eigenvalue weighted by Gasteiger charge is -2.06. The summed E-state index contributed by atoms with van der Waals surface area (Å²) in [5, 5.41) is 1.36. The number of aryl methyl sites for hydroxylation is 3. The van der Waals surface area contributed by atoms with Gasteiger partial charge in [0.2, 0.25) is 0 Å². The molecule has 0 saturated heterocycles. The number of fused-ring (bicyclic) bond motifs is 1. The van der Waals surface area contributed by atoms with E-state index in [1.54, 1.807) is 0 Å². The molecule has 3 rings (SSSR count). The van der Waals surface area contributed by atoms with Crippen molar-refractivity contribution in [1.29, 1.82) is 0 Å². The van der Waals surface area contributed by atoms with Crippen LogP contribution in [0.15, 0.2) is 42.5 Å². The average molecular weight is 292 g/mol. The molecule has 2 nitrogen and oxygen atoms in total. The van der Waals surface area contributed by atoms with Gasteiger partial charge in [0.15, 0.2) is 0 Å². The van der Waals surface area contributed by atoms with Crippen LogP contribution in [0.2, 0.25) is 0 Å². The number of benzene rings is 2. The summed E-state index contributed by atoms with van der Waals surface area (Å²) in [6.07, 6.45) is 3.28. The molecule has 2 aromatic carbocycles. The van der Waals surface area contributed by atoms with Gasteiger partial charge in [-0.2, -0.15) is 0 Å². The Bertz CT molecular complexity index is 784. The summed E-state index contributed by atoms with van der Waals surface area (Å²) in [5.41, 5.74) is 13.5. The third kappa shape index (κ3) is 2.93. The standard InChI is InChI=1S/C20H24N2/c1-14-6-5-7-16(12-14)20-17(8-3-4-11-21)18-13-15(2)9-10-19(18)22-20/h5-7,9-10,12-13,22H,3-4,8,11,21H2,1-2H3. The Labute approximate surface area is 132 Å². The average Bonchev–Trinajstić information content (AvgIpc) is 2.86. The van der Waals surface area contributed by atoms with E-state index in [0.717, 1.165) is 25.8 Å². The quantitative estimate of drug-likeness (QED) is 0.656. The van der Waals surface area contributed by atoms with Gasteiger partial charge in [-0.1, -0.05) is 35.4 Å². The molecule has 0 aliphatic carbocycles. The second kappa shape index (κ2) is 6.37. The Kier molecular flexibility index (Phi) is 4.30. The van der Waals surface area contributed by atoms with Gasteiger partial charge in [0, 0.05) is 16.6 Å². The maximum absolute atomic E-state index is 5.67. The van der Waals surface area contributed by atoms with Crippen LogP contribution in [0.25, 0.3) is 22.2 Å². The van der Waals surface area contributed by atoms with Crippen molar-refractivity contribution in [2.24, 2.45) is 5.73 Å². The Morgan fingerprint density at radius 1 is 0.955 bits per heavy atom. The molecule has 0 aliphatic rings. The molecular formula is C20H24N2. The first kappa shape index (κ1) is 14.9. The highest BCUT2D eigenvalue weighted by atomic mass is 14.7. The lowest BCUT2D eigenvalue weighted by atomic mass is 9.99. The van der Waals surface area contributed by atoms with Crippen molar-refractivity contribution in [3.8, 4) is 11.3 Å². The van der Waals surface area contributed by atoms with E-state index >= 15 is 0 Å². The van der Waals surface area contributed by atoms with Crippen molar-refractivity contribution in [1.82, 2.24) is 4.98 Å². The van der Waals surface area contributed by atoms with Gasteiger partial charge in [0.05, 0.1) is 0 Å². The minimum absolute atomic E-state index is 0.765.